The Balaban J connectivity index is 2.18. The zero-order chi connectivity index (χ0) is 17.3. The topological polar surface area (TPSA) is 72.6 Å². The van der Waals surface area contributed by atoms with Crippen molar-refractivity contribution in [2.75, 3.05) is 13.1 Å². The van der Waals surface area contributed by atoms with Crippen molar-refractivity contribution in [1.29, 1.82) is 0 Å². The lowest BCUT2D eigenvalue weighted by atomic mass is 9.72. The number of likely N-dealkylation sites (tertiary alicyclic amines) is 1. The second-order valence-electron chi connectivity index (χ2n) is 6.89. The van der Waals surface area contributed by atoms with E-state index in [1.54, 1.807) is 39.0 Å². The van der Waals surface area contributed by atoms with Crippen LogP contribution in [0.25, 0.3) is 0 Å². The van der Waals surface area contributed by atoms with Crippen molar-refractivity contribution in [1.82, 2.24) is 4.90 Å². The minimum atomic E-state index is -1.08. The average Bonchev–Trinajstić information content (AvgIpc) is 2.46. The molecule has 5 nitrogen and oxygen atoms in total. The van der Waals surface area contributed by atoms with Gasteiger partial charge < -0.3 is 15.4 Å². The summed E-state index contributed by atoms with van der Waals surface area (Å²) in [6.07, 6.45) is 0.134. The number of hydrogen-bond donors (Lipinski definition) is 1. The number of nitrogens with two attached hydrogens (primary N) is 1. The normalized spacial score (nSPS) is 17.7. The molecule has 0 bridgehead atoms. The third kappa shape index (κ3) is 3.63. The zero-order valence-electron chi connectivity index (χ0n) is 13.8. The van der Waals surface area contributed by atoms with Crippen LogP contribution in [0.5, 0.6) is 0 Å². The lowest BCUT2D eigenvalue weighted by Gasteiger charge is -2.40. The first kappa shape index (κ1) is 17.2. The molecule has 0 aromatic heterocycles. The van der Waals surface area contributed by atoms with E-state index < -0.39 is 28.8 Å². The fraction of sp³-hybridized carbons (Fsp3) is 0.529. The average molecular weight is 322 g/mol. The highest BCUT2D eigenvalue weighted by Gasteiger charge is 2.44. The van der Waals surface area contributed by atoms with Crippen LogP contribution >= 0.6 is 0 Å². The molecule has 0 aliphatic carbocycles. The highest BCUT2D eigenvalue weighted by atomic mass is 19.1. The molecule has 6 heteroatoms. The van der Waals surface area contributed by atoms with Crippen LogP contribution in [0.2, 0.25) is 0 Å². The standard InChI is InChI=1S/C17H23FN2O3/c1-16(2,3)23-15(22)20-10-8-17(9-11-20,14(19)21)12-6-4-5-7-13(12)18/h4-7H,8-11H2,1-3H3,(H2,19,21). The first-order valence-electron chi connectivity index (χ1n) is 7.68. The van der Waals surface area contributed by atoms with Gasteiger partial charge in [-0.25, -0.2) is 9.18 Å². The lowest BCUT2D eigenvalue weighted by molar-refractivity contribution is -0.125. The molecule has 2 N–H and O–H groups in total. The van der Waals surface area contributed by atoms with Gasteiger partial charge in [0, 0.05) is 18.7 Å². The van der Waals surface area contributed by atoms with Gasteiger partial charge in [0.05, 0.1) is 5.41 Å². The second-order valence-corrected chi connectivity index (χ2v) is 6.89. The van der Waals surface area contributed by atoms with Gasteiger partial charge in [0.15, 0.2) is 0 Å². The SMILES string of the molecule is CC(C)(C)OC(=O)N1CCC(C(N)=O)(c2ccccc2F)CC1. The van der Waals surface area contributed by atoms with E-state index in [4.69, 9.17) is 10.5 Å². The van der Waals surface area contributed by atoms with Crippen LogP contribution < -0.4 is 5.73 Å². The Bertz CT molecular complexity index is 602. The number of amides is 2. The van der Waals surface area contributed by atoms with Crippen LogP contribution in [0.15, 0.2) is 24.3 Å². The third-order valence-electron chi connectivity index (χ3n) is 4.13. The van der Waals surface area contributed by atoms with Crippen molar-refractivity contribution in [2.45, 2.75) is 44.6 Å². The van der Waals surface area contributed by atoms with Crippen molar-refractivity contribution in [2.24, 2.45) is 5.73 Å². The molecule has 2 rings (SSSR count). The van der Waals surface area contributed by atoms with Gasteiger partial charge in [-0.1, -0.05) is 18.2 Å². The van der Waals surface area contributed by atoms with Crippen molar-refractivity contribution in [3.05, 3.63) is 35.6 Å². The number of piperidine rings is 1. The molecule has 1 heterocycles. The molecule has 0 atom stereocenters. The Kier molecular flexibility index (Phi) is 4.63. The number of carbonyl (C=O) groups excluding carboxylic acids is 2. The number of nitrogens with zero attached hydrogens (tertiary/aromatic N) is 1. The summed E-state index contributed by atoms with van der Waals surface area (Å²) < 4.78 is 19.5. The molecule has 1 saturated heterocycles. The first-order chi connectivity index (χ1) is 10.7. The Hall–Kier alpha value is -2.11. The summed E-state index contributed by atoms with van der Waals surface area (Å²) in [4.78, 5) is 25.7. The van der Waals surface area contributed by atoms with Gasteiger partial charge in [0.1, 0.15) is 11.4 Å². The highest BCUT2D eigenvalue weighted by molar-refractivity contribution is 5.87. The van der Waals surface area contributed by atoms with Crippen molar-refractivity contribution in [3.8, 4) is 0 Å². The predicted octanol–water partition coefficient (Wildman–Crippen LogP) is 2.58. The van der Waals surface area contributed by atoms with Gasteiger partial charge >= 0.3 is 6.09 Å². The molecule has 0 radical (unpaired) electrons. The Morgan fingerprint density at radius 3 is 2.26 bits per heavy atom. The lowest BCUT2D eigenvalue weighted by Crippen LogP contribution is -2.52. The van der Waals surface area contributed by atoms with E-state index in [1.807, 2.05) is 0 Å². The first-order valence-corrected chi connectivity index (χ1v) is 7.68. The molecule has 0 saturated carbocycles. The fourth-order valence-electron chi connectivity index (χ4n) is 2.90. The van der Waals surface area contributed by atoms with E-state index in [1.165, 1.54) is 11.0 Å². The van der Waals surface area contributed by atoms with Gasteiger partial charge in [0.2, 0.25) is 5.91 Å². The van der Waals surface area contributed by atoms with Gasteiger partial charge in [0.25, 0.3) is 0 Å². The van der Waals surface area contributed by atoms with Gasteiger partial charge in [-0.2, -0.15) is 0 Å². The minimum absolute atomic E-state index is 0.280. The number of carbonyl (C=O) groups is 2. The second kappa shape index (κ2) is 6.18. The van der Waals surface area contributed by atoms with E-state index in [0.29, 0.717) is 18.7 Å². The number of halogens is 1. The van der Waals surface area contributed by atoms with Crippen LogP contribution in [0, 0.1) is 5.82 Å². The predicted molar refractivity (Wildman–Crippen MR) is 84.3 cm³/mol. The molecule has 1 aliphatic rings. The number of primary amides is 1. The third-order valence-corrected chi connectivity index (χ3v) is 4.13. The Morgan fingerprint density at radius 2 is 1.78 bits per heavy atom. The van der Waals surface area contributed by atoms with Crippen molar-refractivity contribution in [3.63, 3.8) is 0 Å². The molecule has 1 aromatic rings. The molecule has 0 unspecified atom stereocenters. The molecule has 1 aromatic carbocycles. The van der Waals surface area contributed by atoms with Crippen molar-refractivity contribution < 1.29 is 18.7 Å². The summed E-state index contributed by atoms with van der Waals surface area (Å²) in [7, 11) is 0. The zero-order valence-corrected chi connectivity index (χ0v) is 13.8. The molecule has 1 fully saturated rings. The maximum Gasteiger partial charge on any atom is 0.410 e. The molecule has 23 heavy (non-hydrogen) atoms. The van der Waals surface area contributed by atoms with Crippen molar-refractivity contribution >= 4 is 12.0 Å². The largest absolute Gasteiger partial charge is 0.444 e. The number of benzene rings is 1. The minimum Gasteiger partial charge on any atom is -0.444 e. The molecule has 2 amide bonds. The van der Waals surface area contributed by atoms with E-state index >= 15 is 0 Å². The summed E-state index contributed by atoms with van der Waals surface area (Å²) in [5, 5.41) is 0. The number of rotatable bonds is 2. The summed E-state index contributed by atoms with van der Waals surface area (Å²) in [5.74, 6) is -1.01. The van der Waals surface area contributed by atoms with Gasteiger partial charge in [-0.3, -0.25) is 4.79 Å². The van der Waals surface area contributed by atoms with Gasteiger partial charge in [-0.05, 0) is 39.7 Å². The molecular formula is C17H23FN2O3. The molecule has 126 valence electrons. The van der Waals surface area contributed by atoms with E-state index in [0.717, 1.165) is 0 Å². The Labute approximate surface area is 135 Å². The monoisotopic (exact) mass is 322 g/mol. The quantitative estimate of drug-likeness (QED) is 0.909. The van der Waals surface area contributed by atoms with Gasteiger partial charge in [-0.15, -0.1) is 0 Å². The van der Waals surface area contributed by atoms with Crippen LogP contribution in [-0.4, -0.2) is 35.6 Å². The van der Waals surface area contributed by atoms with E-state index in [-0.39, 0.29) is 12.8 Å². The summed E-state index contributed by atoms with van der Waals surface area (Å²) in [5.41, 5.74) is 4.23. The number of hydrogen-bond acceptors (Lipinski definition) is 3. The Morgan fingerprint density at radius 1 is 1.22 bits per heavy atom. The fourth-order valence-corrected chi connectivity index (χ4v) is 2.90. The summed E-state index contributed by atoms with van der Waals surface area (Å²) in [6, 6.07) is 6.16. The summed E-state index contributed by atoms with van der Waals surface area (Å²) >= 11 is 0. The maximum absolute atomic E-state index is 14.1. The van der Waals surface area contributed by atoms with E-state index in [2.05, 4.69) is 0 Å². The van der Waals surface area contributed by atoms with E-state index in [9.17, 15) is 14.0 Å². The van der Waals surface area contributed by atoms with Crippen LogP contribution in [0.3, 0.4) is 0 Å². The molecular weight excluding hydrogens is 299 g/mol. The van der Waals surface area contributed by atoms with Crippen LogP contribution in [0.4, 0.5) is 9.18 Å². The molecule has 0 spiro atoms. The number of ether oxygens (including phenoxy) is 1. The maximum atomic E-state index is 14.1. The molecule has 1 aliphatic heterocycles. The summed E-state index contributed by atoms with van der Waals surface area (Å²) in [6.45, 7) is 5.98. The van der Waals surface area contributed by atoms with Crippen LogP contribution in [-0.2, 0) is 14.9 Å². The highest BCUT2D eigenvalue weighted by Crippen LogP contribution is 2.37. The van der Waals surface area contributed by atoms with Crippen LogP contribution in [0.1, 0.15) is 39.2 Å². The smallest absolute Gasteiger partial charge is 0.410 e.